The smallest absolute Gasteiger partial charge is 0.322 e. The van der Waals surface area contributed by atoms with Gasteiger partial charge in [-0.25, -0.2) is 4.79 Å². The summed E-state index contributed by atoms with van der Waals surface area (Å²) in [6.07, 6.45) is 5.30. The Hall–Kier alpha value is -2.12. The molecule has 4 amide bonds. The van der Waals surface area contributed by atoms with Gasteiger partial charge in [0.2, 0.25) is 5.91 Å². The summed E-state index contributed by atoms with van der Waals surface area (Å²) in [6, 6.07) is 7.54. The van der Waals surface area contributed by atoms with E-state index < -0.39 is 11.6 Å². The number of rotatable bonds is 4. The molecule has 1 aromatic heterocycles. The Bertz CT molecular complexity index is 1010. The van der Waals surface area contributed by atoms with Gasteiger partial charge in [0.25, 0.3) is 5.91 Å². The van der Waals surface area contributed by atoms with Gasteiger partial charge in [0.1, 0.15) is 5.54 Å². The predicted octanol–water partition coefficient (Wildman–Crippen LogP) is 3.89. The summed E-state index contributed by atoms with van der Waals surface area (Å²) in [7, 11) is 0. The van der Waals surface area contributed by atoms with Crippen molar-refractivity contribution in [1.29, 1.82) is 0 Å². The van der Waals surface area contributed by atoms with Crippen LogP contribution in [0.2, 0.25) is 5.02 Å². The Kier molecular flexibility index (Phi) is 4.55. The lowest BCUT2D eigenvalue weighted by molar-refractivity contribution is -0.137. The third kappa shape index (κ3) is 3.30. The van der Waals surface area contributed by atoms with Crippen LogP contribution >= 0.6 is 22.9 Å². The molecule has 5 rings (SSSR count). The molecular weight excluding hydrogens is 410 g/mol. The molecule has 2 saturated carbocycles. The van der Waals surface area contributed by atoms with E-state index in [1.165, 1.54) is 12.8 Å². The monoisotopic (exact) mass is 431 g/mol. The zero-order valence-electron chi connectivity index (χ0n) is 15.8. The minimum atomic E-state index is -0.893. The quantitative estimate of drug-likeness (QED) is 0.642. The molecule has 1 saturated heterocycles. The van der Waals surface area contributed by atoms with Crippen LogP contribution in [0.1, 0.15) is 49.4 Å². The average Bonchev–Trinajstić information content (AvgIpc) is 3.36. The number of thiophene rings is 1. The highest BCUT2D eigenvalue weighted by Crippen LogP contribution is 2.43. The summed E-state index contributed by atoms with van der Waals surface area (Å²) in [5.74, 6) is -0.185. The Morgan fingerprint density at radius 2 is 1.97 bits per heavy atom. The van der Waals surface area contributed by atoms with E-state index in [1.807, 2.05) is 18.2 Å². The molecule has 2 heterocycles. The number of carbonyl (C=O) groups is 3. The third-order valence-electron chi connectivity index (χ3n) is 6.55. The number of benzene rings is 1. The summed E-state index contributed by atoms with van der Waals surface area (Å²) in [6.45, 7) is 0. The summed E-state index contributed by atoms with van der Waals surface area (Å²) >= 11 is 7.83. The molecule has 6 nitrogen and oxygen atoms in total. The lowest BCUT2D eigenvalue weighted by Crippen LogP contribution is -2.60. The molecule has 8 heteroatoms. The number of urea groups is 1. The lowest BCUT2D eigenvalue weighted by Gasteiger charge is -2.42. The van der Waals surface area contributed by atoms with Gasteiger partial charge in [0.15, 0.2) is 0 Å². The second-order valence-corrected chi connectivity index (χ2v) is 10.0. The maximum atomic E-state index is 13.0. The van der Waals surface area contributed by atoms with Crippen LogP contribution in [0.5, 0.6) is 0 Å². The molecular formula is C21H22ClN3O3S. The summed E-state index contributed by atoms with van der Waals surface area (Å²) in [5, 5.41) is 10.1. The second-order valence-electron chi connectivity index (χ2n) is 8.46. The predicted molar refractivity (Wildman–Crippen MR) is 112 cm³/mol. The summed E-state index contributed by atoms with van der Waals surface area (Å²) < 4.78 is 1.12. The van der Waals surface area contributed by atoms with E-state index in [0.717, 1.165) is 27.8 Å². The van der Waals surface area contributed by atoms with Gasteiger partial charge in [-0.05, 0) is 55.2 Å². The van der Waals surface area contributed by atoms with Gasteiger partial charge < -0.3 is 10.6 Å². The van der Waals surface area contributed by atoms with Crippen molar-refractivity contribution in [3.05, 3.63) is 34.2 Å². The van der Waals surface area contributed by atoms with E-state index in [0.29, 0.717) is 23.8 Å². The van der Waals surface area contributed by atoms with Crippen molar-refractivity contribution in [2.24, 2.45) is 11.8 Å². The highest BCUT2D eigenvalue weighted by Gasteiger charge is 2.57. The fourth-order valence-electron chi connectivity index (χ4n) is 4.94. The van der Waals surface area contributed by atoms with Crippen LogP contribution in [0.3, 0.4) is 0 Å². The van der Waals surface area contributed by atoms with Crippen molar-refractivity contribution < 1.29 is 14.4 Å². The second kappa shape index (κ2) is 6.99. The zero-order chi connectivity index (χ0) is 20.2. The van der Waals surface area contributed by atoms with Crippen LogP contribution in [-0.4, -0.2) is 23.4 Å². The maximum Gasteiger partial charge on any atom is 0.322 e. The molecule has 0 radical (unpaired) electrons. The van der Waals surface area contributed by atoms with E-state index in [2.05, 4.69) is 22.0 Å². The van der Waals surface area contributed by atoms with Crippen LogP contribution in [0.15, 0.2) is 24.3 Å². The Balaban J connectivity index is 1.34. The van der Waals surface area contributed by atoms with Crippen molar-refractivity contribution in [3.8, 4) is 0 Å². The number of hydrogen-bond acceptors (Lipinski definition) is 4. The van der Waals surface area contributed by atoms with Crippen LogP contribution in [-0.2, 0) is 9.59 Å². The van der Waals surface area contributed by atoms with Crippen LogP contribution < -0.4 is 16.0 Å². The SMILES string of the molecule is O=C1NC(=O)C2(CC(C(=O)N[C@@H](c3cc4ccc(Cl)cc4s3)C3CCCC3)C2)N1. The molecule has 1 spiro atoms. The maximum absolute atomic E-state index is 13.0. The molecule has 29 heavy (non-hydrogen) atoms. The highest BCUT2D eigenvalue weighted by atomic mass is 35.5. The van der Waals surface area contributed by atoms with Gasteiger partial charge >= 0.3 is 6.03 Å². The number of nitrogens with one attached hydrogen (secondary N) is 3. The van der Waals surface area contributed by atoms with Gasteiger partial charge in [-0.1, -0.05) is 30.5 Å². The van der Waals surface area contributed by atoms with Gasteiger partial charge in [-0.2, -0.15) is 0 Å². The van der Waals surface area contributed by atoms with Gasteiger partial charge in [0.05, 0.1) is 6.04 Å². The number of amides is 4. The van der Waals surface area contributed by atoms with Crippen molar-refractivity contribution in [2.45, 2.75) is 50.1 Å². The number of imide groups is 1. The normalized spacial score (nSPS) is 27.7. The molecule has 152 valence electrons. The van der Waals surface area contributed by atoms with E-state index in [1.54, 1.807) is 11.3 Å². The lowest BCUT2D eigenvalue weighted by atomic mass is 9.67. The molecule has 2 aromatic rings. The van der Waals surface area contributed by atoms with E-state index >= 15 is 0 Å². The molecule has 3 fully saturated rings. The average molecular weight is 432 g/mol. The number of hydrogen-bond donors (Lipinski definition) is 3. The molecule has 1 aliphatic heterocycles. The fourth-order valence-corrected chi connectivity index (χ4v) is 6.43. The Labute approximate surface area is 177 Å². The van der Waals surface area contributed by atoms with E-state index in [4.69, 9.17) is 11.6 Å². The first-order valence-corrected chi connectivity index (χ1v) is 11.3. The van der Waals surface area contributed by atoms with E-state index in [-0.39, 0.29) is 23.8 Å². The Morgan fingerprint density at radius 1 is 1.21 bits per heavy atom. The highest BCUT2D eigenvalue weighted by molar-refractivity contribution is 7.19. The fraction of sp³-hybridized carbons (Fsp3) is 0.476. The number of carbonyl (C=O) groups excluding carboxylic acids is 3. The molecule has 1 aromatic carbocycles. The minimum Gasteiger partial charge on any atom is -0.348 e. The standard InChI is InChI=1S/C21H22ClN3O3S/c22-14-6-5-12-7-16(29-15(12)8-14)17(11-3-1-2-4-11)23-18(26)13-9-21(10-13)19(27)24-20(28)25-21/h5-8,11,13,17H,1-4,9-10H2,(H,23,26)(H2,24,25,27,28)/t13?,17-,21?/m1/s1. The summed E-state index contributed by atoms with van der Waals surface area (Å²) in [5.41, 5.74) is -0.893. The Morgan fingerprint density at radius 3 is 2.66 bits per heavy atom. The first-order chi connectivity index (χ1) is 13.9. The third-order valence-corrected chi connectivity index (χ3v) is 7.97. The van der Waals surface area contributed by atoms with Gasteiger partial charge in [-0.3, -0.25) is 14.9 Å². The first kappa shape index (κ1) is 18.9. The van der Waals surface area contributed by atoms with E-state index in [9.17, 15) is 14.4 Å². The zero-order valence-corrected chi connectivity index (χ0v) is 17.4. The van der Waals surface area contributed by atoms with Crippen LogP contribution in [0.4, 0.5) is 4.79 Å². The van der Waals surface area contributed by atoms with Crippen molar-refractivity contribution in [3.63, 3.8) is 0 Å². The van der Waals surface area contributed by atoms with Crippen LogP contribution in [0, 0.1) is 11.8 Å². The molecule has 2 aliphatic carbocycles. The van der Waals surface area contributed by atoms with Crippen molar-refractivity contribution in [1.82, 2.24) is 16.0 Å². The largest absolute Gasteiger partial charge is 0.348 e. The molecule has 3 N–H and O–H groups in total. The number of halogens is 1. The van der Waals surface area contributed by atoms with Crippen molar-refractivity contribution >= 4 is 50.9 Å². The molecule has 0 unspecified atom stereocenters. The van der Waals surface area contributed by atoms with Gasteiger partial charge in [0, 0.05) is 20.5 Å². The molecule has 0 bridgehead atoms. The van der Waals surface area contributed by atoms with Crippen LogP contribution in [0.25, 0.3) is 10.1 Å². The van der Waals surface area contributed by atoms with Crippen molar-refractivity contribution in [2.75, 3.05) is 0 Å². The molecule has 1 atom stereocenters. The number of fused-ring (bicyclic) bond motifs is 1. The first-order valence-electron chi connectivity index (χ1n) is 10.1. The topological polar surface area (TPSA) is 87.3 Å². The summed E-state index contributed by atoms with van der Waals surface area (Å²) in [4.78, 5) is 37.6. The molecule has 3 aliphatic rings. The minimum absolute atomic E-state index is 0.0234. The van der Waals surface area contributed by atoms with Gasteiger partial charge in [-0.15, -0.1) is 11.3 Å².